The third-order valence-corrected chi connectivity index (χ3v) is 8.71. The first-order chi connectivity index (χ1) is 10.9. The van der Waals surface area contributed by atoms with Crippen LogP contribution in [0.15, 0.2) is 0 Å². The van der Waals surface area contributed by atoms with Crippen molar-refractivity contribution in [2.24, 2.45) is 34.5 Å². The summed E-state index contributed by atoms with van der Waals surface area (Å²) >= 11 is 0. The number of carbonyl (C=O) groups is 1. The Kier molecular flexibility index (Phi) is 3.70. The number of aliphatic hydroxyl groups is 1. The van der Waals surface area contributed by atoms with Gasteiger partial charge in [0.15, 0.2) is 0 Å². The maximum atomic E-state index is 12.1. The van der Waals surface area contributed by atoms with Crippen LogP contribution in [0, 0.1) is 34.5 Å². The minimum Gasteiger partial charge on any atom is -0.393 e. The first kappa shape index (κ1) is 16.1. The van der Waals surface area contributed by atoms with Gasteiger partial charge in [-0.15, -0.1) is 0 Å². The Hall–Kier alpha value is -0.410. The lowest BCUT2D eigenvalue weighted by Gasteiger charge is -2.61. The third kappa shape index (κ3) is 2.18. The van der Waals surface area contributed by atoms with Crippen LogP contribution in [0.2, 0.25) is 0 Å². The van der Waals surface area contributed by atoms with E-state index in [-0.39, 0.29) is 17.4 Å². The number of piperidine rings is 1. The lowest BCUT2D eigenvalue weighted by molar-refractivity contribution is -0.130. The molecule has 3 saturated carbocycles. The topological polar surface area (TPSA) is 49.3 Å². The van der Waals surface area contributed by atoms with E-state index < -0.39 is 0 Å². The summed E-state index contributed by atoms with van der Waals surface area (Å²) in [6.45, 7) is 7.76. The van der Waals surface area contributed by atoms with Gasteiger partial charge in [-0.1, -0.05) is 13.8 Å². The van der Waals surface area contributed by atoms with Gasteiger partial charge < -0.3 is 10.4 Å². The number of Topliss-reactive ketones (excluding diaryl/α,β-unsaturated/α-hetero) is 1. The average Bonchev–Trinajstić information content (AvgIpc) is 2.85. The van der Waals surface area contributed by atoms with Crippen molar-refractivity contribution in [1.82, 2.24) is 5.32 Å². The molecule has 0 aromatic rings. The summed E-state index contributed by atoms with van der Waals surface area (Å²) in [6.07, 6.45) is 7.85. The SMILES string of the molecule is CC(=O)[C@H]1CC[C@H]2[C@@H]3NC[C@H]4C[C@@H](O)CC[C@]4(C)[C@H]3CC[C@]12C. The van der Waals surface area contributed by atoms with E-state index in [4.69, 9.17) is 0 Å². The monoisotopic (exact) mass is 319 g/mol. The second-order valence-electron chi connectivity index (χ2n) is 9.56. The lowest BCUT2D eigenvalue weighted by atomic mass is 9.49. The molecule has 8 atom stereocenters. The zero-order valence-corrected chi connectivity index (χ0v) is 15.0. The summed E-state index contributed by atoms with van der Waals surface area (Å²) in [4.78, 5) is 12.1. The Morgan fingerprint density at radius 1 is 1.04 bits per heavy atom. The van der Waals surface area contributed by atoms with Crippen LogP contribution in [0.5, 0.6) is 0 Å². The van der Waals surface area contributed by atoms with Crippen LogP contribution >= 0.6 is 0 Å². The van der Waals surface area contributed by atoms with Crippen LogP contribution in [-0.4, -0.2) is 29.6 Å². The Balaban J connectivity index is 1.61. The number of hydrogen-bond donors (Lipinski definition) is 2. The molecule has 3 heteroatoms. The van der Waals surface area contributed by atoms with Gasteiger partial charge in [-0.05, 0) is 87.0 Å². The van der Waals surface area contributed by atoms with Crippen molar-refractivity contribution in [1.29, 1.82) is 0 Å². The fourth-order valence-electron chi connectivity index (χ4n) is 7.31. The molecular formula is C20H33NO2. The van der Waals surface area contributed by atoms with E-state index >= 15 is 0 Å². The van der Waals surface area contributed by atoms with Crippen molar-refractivity contribution in [2.45, 2.75) is 77.9 Å². The zero-order chi connectivity index (χ0) is 16.4. The molecule has 1 aliphatic heterocycles. The minimum absolute atomic E-state index is 0.0890. The molecule has 0 bridgehead atoms. The third-order valence-electron chi connectivity index (χ3n) is 8.71. The van der Waals surface area contributed by atoms with E-state index in [1.807, 2.05) is 0 Å². The van der Waals surface area contributed by atoms with Crippen molar-refractivity contribution in [2.75, 3.05) is 6.54 Å². The summed E-state index contributed by atoms with van der Waals surface area (Å²) in [7, 11) is 0. The highest BCUT2D eigenvalue weighted by Gasteiger charge is 2.60. The summed E-state index contributed by atoms with van der Waals surface area (Å²) in [5.74, 6) is 2.72. The van der Waals surface area contributed by atoms with Gasteiger partial charge in [0.1, 0.15) is 5.78 Å². The van der Waals surface area contributed by atoms with Crippen molar-refractivity contribution >= 4 is 5.78 Å². The molecular weight excluding hydrogens is 286 g/mol. The van der Waals surface area contributed by atoms with Crippen molar-refractivity contribution in [3.05, 3.63) is 0 Å². The molecule has 0 aromatic heterocycles. The number of carbonyl (C=O) groups excluding carboxylic acids is 1. The molecule has 0 radical (unpaired) electrons. The summed E-state index contributed by atoms with van der Waals surface area (Å²) in [6, 6.07) is 0.592. The average molecular weight is 319 g/mol. The van der Waals surface area contributed by atoms with Gasteiger partial charge in [0.05, 0.1) is 6.10 Å². The summed E-state index contributed by atoms with van der Waals surface area (Å²) < 4.78 is 0. The van der Waals surface area contributed by atoms with Crippen LogP contribution < -0.4 is 5.32 Å². The Morgan fingerprint density at radius 2 is 1.74 bits per heavy atom. The van der Waals surface area contributed by atoms with Crippen LogP contribution in [-0.2, 0) is 4.79 Å². The molecule has 0 aromatic carbocycles. The highest BCUT2D eigenvalue weighted by Crippen LogP contribution is 2.62. The molecule has 1 heterocycles. The minimum atomic E-state index is -0.0890. The van der Waals surface area contributed by atoms with Gasteiger partial charge in [0, 0.05) is 12.0 Å². The van der Waals surface area contributed by atoms with Crippen molar-refractivity contribution in [3.8, 4) is 0 Å². The molecule has 1 saturated heterocycles. The molecule has 4 aliphatic rings. The highest BCUT2D eigenvalue weighted by atomic mass is 16.3. The second-order valence-corrected chi connectivity index (χ2v) is 9.56. The summed E-state index contributed by atoms with van der Waals surface area (Å²) in [5.41, 5.74) is 0.613. The molecule has 4 rings (SSSR count). The van der Waals surface area contributed by atoms with Crippen LogP contribution in [0.3, 0.4) is 0 Å². The normalized spacial score (nSPS) is 55.7. The molecule has 4 fully saturated rings. The fraction of sp³-hybridized carbons (Fsp3) is 0.950. The lowest BCUT2D eigenvalue weighted by Crippen LogP contribution is -2.64. The van der Waals surface area contributed by atoms with Gasteiger partial charge in [0.2, 0.25) is 0 Å². The van der Waals surface area contributed by atoms with E-state index in [0.29, 0.717) is 29.1 Å². The zero-order valence-electron chi connectivity index (χ0n) is 15.0. The molecule has 130 valence electrons. The smallest absolute Gasteiger partial charge is 0.133 e. The van der Waals surface area contributed by atoms with Crippen molar-refractivity contribution < 1.29 is 9.90 Å². The molecule has 23 heavy (non-hydrogen) atoms. The molecule has 2 N–H and O–H groups in total. The number of nitrogens with one attached hydrogen (secondary N) is 1. The number of rotatable bonds is 1. The largest absolute Gasteiger partial charge is 0.393 e. The predicted octanol–water partition coefficient (Wildman–Crippen LogP) is 3.16. The highest BCUT2D eigenvalue weighted by molar-refractivity contribution is 5.79. The van der Waals surface area contributed by atoms with E-state index in [1.54, 1.807) is 6.92 Å². The van der Waals surface area contributed by atoms with E-state index in [9.17, 15) is 9.90 Å². The van der Waals surface area contributed by atoms with E-state index in [0.717, 1.165) is 31.7 Å². The van der Waals surface area contributed by atoms with Crippen LogP contribution in [0.1, 0.15) is 65.7 Å². The van der Waals surface area contributed by atoms with Gasteiger partial charge in [-0.25, -0.2) is 0 Å². The molecule has 3 nitrogen and oxygen atoms in total. The Bertz CT molecular complexity index is 506. The maximum Gasteiger partial charge on any atom is 0.133 e. The molecule has 0 unspecified atom stereocenters. The van der Waals surface area contributed by atoms with E-state index in [1.165, 1.54) is 25.7 Å². The van der Waals surface area contributed by atoms with Gasteiger partial charge >= 0.3 is 0 Å². The number of ketones is 1. The first-order valence-corrected chi connectivity index (χ1v) is 9.78. The standard InChI is InChI=1S/C20H33NO2/c1-12(22)15-4-5-16-18-17(7-9-20(15,16)3)19(2)8-6-14(23)10-13(19)11-21-18/h13-18,21,23H,4-11H2,1-3H3/t13-,14+,15-,16+,17+,18+,19+,20-/m1/s1. The van der Waals surface area contributed by atoms with Gasteiger partial charge in [-0.3, -0.25) is 4.79 Å². The van der Waals surface area contributed by atoms with Crippen molar-refractivity contribution in [3.63, 3.8) is 0 Å². The van der Waals surface area contributed by atoms with Crippen LogP contribution in [0.25, 0.3) is 0 Å². The van der Waals surface area contributed by atoms with Gasteiger partial charge in [0.25, 0.3) is 0 Å². The number of fused-ring (bicyclic) bond motifs is 5. The predicted molar refractivity (Wildman–Crippen MR) is 91.0 cm³/mol. The second kappa shape index (κ2) is 5.29. The fourth-order valence-corrected chi connectivity index (χ4v) is 7.31. The maximum absolute atomic E-state index is 12.1. The number of hydrogen-bond acceptors (Lipinski definition) is 3. The first-order valence-electron chi connectivity index (χ1n) is 9.78. The van der Waals surface area contributed by atoms with Gasteiger partial charge in [-0.2, -0.15) is 0 Å². The number of aliphatic hydroxyl groups excluding tert-OH is 1. The molecule has 0 amide bonds. The molecule has 3 aliphatic carbocycles. The Morgan fingerprint density at radius 3 is 2.48 bits per heavy atom. The van der Waals surface area contributed by atoms with Crippen LogP contribution in [0.4, 0.5) is 0 Å². The van der Waals surface area contributed by atoms with E-state index in [2.05, 4.69) is 19.2 Å². The summed E-state index contributed by atoms with van der Waals surface area (Å²) in [5, 5.41) is 14.0. The quantitative estimate of drug-likeness (QED) is 0.780. The molecule has 0 spiro atoms. The Labute approximate surface area is 140 Å².